The van der Waals surface area contributed by atoms with Crippen molar-refractivity contribution in [1.82, 2.24) is 0 Å². The third-order valence-electron chi connectivity index (χ3n) is 2.34. The molecule has 1 aliphatic rings. The maximum absolute atomic E-state index is 11.1. The van der Waals surface area contributed by atoms with Crippen LogP contribution < -0.4 is 0 Å². The molecule has 0 aromatic heterocycles. The van der Waals surface area contributed by atoms with Gasteiger partial charge in [0.15, 0.2) is 0 Å². The molecule has 0 aromatic rings. The van der Waals surface area contributed by atoms with Crippen LogP contribution in [0.5, 0.6) is 0 Å². The Morgan fingerprint density at radius 1 is 1.62 bits per heavy atom. The molecule has 0 heterocycles. The van der Waals surface area contributed by atoms with E-state index in [0.29, 0.717) is 5.57 Å². The fourth-order valence-electron chi connectivity index (χ4n) is 1.66. The van der Waals surface area contributed by atoms with Crippen LogP contribution in [-0.4, -0.2) is 26.0 Å². The smallest absolute Gasteiger partial charge is 0.306 e. The van der Waals surface area contributed by atoms with Gasteiger partial charge >= 0.3 is 5.97 Å². The Morgan fingerprint density at radius 3 is 2.75 bits per heavy atom. The van der Waals surface area contributed by atoms with Crippen LogP contribution >= 0.6 is 0 Å². The zero-order chi connectivity index (χ0) is 12.3. The van der Waals surface area contributed by atoms with Crippen molar-refractivity contribution < 1.29 is 22.5 Å². The third-order valence-corrected chi connectivity index (χ3v) is 3.29. The number of ether oxygens (including phenoxy) is 1. The highest BCUT2D eigenvalue weighted by Crippen LogP contribution is 2.28. The maximum Gasteiger partial charge on any atom is 0.306 e. The Balaban J connectivity index is 2.84. The molecule has 90 valence electrons. The Labute approximate surface area is 94.5 Å². The predicted molar refractivity (Wildman–Crippen MR) is 58.1 cm³/mol. The average molecular weight is 246 g/mol. The lowest BCUT2D eigenvalue weighted by molar-refractivity contribution is -0.141. The van der Waals surface area contributed by atoms with E-state index >= 15 is 0 Å². The molecule has 1 unspecified atom stereocenters. The predicted octanol–water partition coefficient (Wildman–Crippen LogP) is 1.29. The molecule has 1 aliphatic carbocycles. The first kappa shape index (κ1) is 12.9. The molecular formula is C10H14O5S. The summed E-state index contributed by atoms with van der Waals surface area (Å²) in [5.41, 5.74) is 0.716. The summed E-state index contributed by atoms with van der Waals surface area (Å²) < 4.78 is 35.4. The highest BCUT2D eigenvalue weighted by atomic mass is 32.2. The van der Waals surface area contributed by atoms with Gasteiger partial charge < -0.3 is 4.74 Å². The minimum Gasteiger partial charge on any atom is -0.469 e. The van der Waals surface area contributed by atoms with Crippen molar-refractivity contribution in [2.24, 2.45) is 5.92 Å². The van der Waals surface area contributed by atoms with Gasteiger partial charge in [0.25, 0.3) is 10.1 Å². The van der Waals surface area contributed by atoms with Crippen LogP contribution in [0, 0.1) is 5.92 Å². The summed E-state index contributed by atoms with van der Waals surface area (Å²) in [6.45, 7) is 1.72. The highest BCUT2D eigenvalue weighted by Gasteiger charge is 2.23. The van der Waals surface area contributed by atoms with E-state index in [-0.39, 0.29) is 23.7 Å². The fraction of sp³-hybridized carbons (Fsp3) is 0.500. The Kier molecular flexibility index (Phi) is 3.88. The van der Waals surface area contributed by atoms with E-state index in [1.54, 1.807) is 13.0 Å². The molecule has 1 N–H and O–H groups in total. The van der Waals surface area contributed by atoms with Gasteiger partial charge in [-0.15, -0.1) is 0 Å². The molecule has 0 amide bonds. The van der Waals surface area contributed by atoms with Crippen molar-refractivity contribution in [1.29, 1.82) is 0 Å². The second-order valence-electron chi connectivity index (χ2n) is 3.74. The molecule has 0 aromatic carbocycles. The largest absolute Gasteiger partial charge is 0.469 e. The van der Waals surface area contributed by atoms with Gasteiger partial charge in [-0.25, -0.2) is 0 Å². The molecule has 1 atom stereocenters. The van der Waals surface area contributed by atoms with Gasteiger partial charge in [0.2, 0.25) is 0 Å². The molecule has 1 rings (SSSR count). The lowest BCUT2D eigenvalue weighted by Gasteiger charge is -2.17. The standard InChI is InChI=1S/C10H14O5S/c1-7-3-8(6-10(11)15-2)5-9(4-7)16(12,13)14/h3-4,8H,5-6H2,1-2H3,(H,12,13,14). The molecule has 16 heavy (non-hydrogen) atoms. The van der Waals surface area contributed by atoms with E-state index in [1.807, 2.05) is 0 Å². The highest BCUT2D eigenvalue weighted by molar-refractivity contribution is 7.89. The van der Waals surface area contributed by atoms with Crippen LogP contribution in [-0.2, 0) is 19.6 Å². The van der Waals surface area contributed by atoms with Crippen LogP contribution in [0.1, 0.15) is 19.8 Å². The number of methoxy groups -OCH3 is 1. The first-order chi connectivity index (χ1) is 7.32. The van der Waals surface area contributed by atoms with Gasteiger partial charge in [-0.3, -0.25) is 9.35 Å². The fourth-order valence-corrected chi connectivity index (χ4v) is 2.42. The van der Waals surface area contributed by atoms with Gasteiger partial charge in [0.05, 0.1) is 18.4 Å². The Bertz CT molecular complexity index is 444. The summed E-state index contributed by atoms with van der Waals surface area (Å²) in [6, 6.07) is 0. The first-order valence-electron chi connectivity index (χ1n) is 4.76. The summed E-state index contributed by atoms with van der Waals surface area (Å²) in [4.78, 5) is 11.0. The quantitative estimate of drug-likeness (QED) is 0.599. The third kappa shape index (κ3) is 3.46. The Morgan fingerprint density at radius 2 is 2.25 bits per heavy atom. The van der Waals surface area contributed by atoms with E-state index < -0.39 is 16.1 Å². The molecule has 0 aliphatic heterocycles. The number of rotatable bonds is 3. The second kappa shape index (κ2) is 4.80. The molecule has 0 saturated carbocycles. The van der Waals surface area contributed by atoms with Gasteiger partial charge in [-0.05, 0) is 25.3 Å². The molecule has 0 bridgehead atoms. The average Bonchev–Trinajstić information content (AvgIpc) is 2.15. The van der Waals surface area contributed by atoms with Crippen molar-refractivity contribution >= 4 is 16.1 Å². The van der Waals surface area contributed by atoms with Gasteiger partial charge in [-0.1, -0.05) is 11.6 Å². The summed E-state index contributed by atoms with van der Waals surface area (Å²) in [5, 5.41) is 0. The minimum absolute atomic E-state index is 0.0543. The molecule has 0 radical (unpaired) electrons. The van der Waals surface area contributed by atoms with Crippen LogP contribution in [0.4, 0.5) is 0 Å². The minimum atomic E-state index is -4.17. The molecular weight excluding hydrogens is 232 g/mol. The second-order valence-corrected chi connectivity index (χ2v) is 5.22. The van der Waals surface area contributed by atoms with Crippen LogP contribution in [0.25, 0.3) is 0 Å². The van der Waals surface area contributed by atoms with Crippen molar-refractivity contribution in [2.45, 2.75) is 19.8 Å². The number of carbonyl (C=O) groups excluding carboxylic acids is 1. The van der Waals surface area contributed by atoms with E-state index in [0.717, 1.165) is 0 Å². The normalized spacial score (nSPS) is 21.1. The number of esters is 1. The molecule has 0 saturated heterocycles. The van der Waals surface area contributed by atoms with E-state index in [2.05, 4.69) is 4.74 Å². The topological polar surface area (TPSA) is 80.7 Å². The summed E-state index contributed by atoms with van der Waals surface area (Å²) in [7, 11) is -2.89. The molecule has 0 spiro atoms. The van der Waals surface area contributed by atoms with Crippen LogP contribution in [0.2, 0.25) is 0 Å². The first-order valence-corrected chi connectivity index (χ1v) is 6.20. The van der Waals surface area contributed by atoms with E-state index in [9.17, 15) is 13.2 Å². The van der Waals surface area contributed by atoms with Crippen molar-refractivity contribution in [3.8, 4) is 0 Å². The number of carbonyl (C=O) groups is 1. The number of hydrogen-bond donors (Lipinski definition) is 1. The lowest BCUT2D eigenvalue weighted by Crippen LogP contribution is -2.15. The summed E-state index contributed by atoms with van der Waals surface area (Å²) in [6.07, 6.45) is 3.45. The zero-order valence-electron chi connectivity index (χ0n) is 9.13. The van der Waals surface area contributed by atoms with Gasteiger partial charge in [0.1, 0.15) is 0 Å². The number of allylic oxidation sites excluding steroid dienone is 4. The van der Waals surface area contributed by atoms with Crippen LogP contribution in [0.15, 0.2) is 22.6 Å². The van der Waals surface area contributed by atoms with Gasteiger partial charge in [0, 0.05) is 0 Å². The monoisotopic (exact) mass is 246 g/mol. The van der Waals surface area contributed by atoms with E-state index in [1.165, 1.54) is 13.2 Å². The van der Waals surface area contributed by atoms with Crippen LogP contribution in [0.3, 0.4) is 0 Å². The molecule has 0 fully saturated rings. The number of hydrogen-bond acceptors (Lipinski definition) is 4. The summed E-state index contributed by atoms with van der Waals surface area (Å²) >= 11 is 0. The van der Waals surface area contributed by atoms with Gasteiger partial charge in [-0.2, -0.15) is 8.42 Å². The van der Waals surface area contributed by atoms with Crippen molar-refractivity contribution in [2.75, 3.05) is 7.11 Å². The molecule has 5 nitrogen and oxygen atoms in total. The molecule has 6 heteroatoms. The van der Waals surface area contributed by atoms with Crippen molar-refractivity contribution in [3.05, 3.63) is 22.6 Å². The zero-order valence-corrected chi connectivity index (χ0v) is 9.95. The summed E-state index contributed by atoms with van der Waals surface area (Å²) in [5.74, 6) is -0.639. The van der Waals surface area contributed by atoms with E-state index in [4.69, 9.17) is 4.55 Å². The maximum atomic E-state index is 11.1. The Hall–Kier alpha value is -1.14. The SMILES string of the molecule is COC(=O)CC1C=C(C)C=C(S(=O)(=O)O)C1. The van der Waals surface area contributed by atoms with Crippen molar-refractivity contribution in [3.63, 3.8) is 0 Å². The lowest BCUT2D eigenvalue weighted by atomic mass is 9.94.